The second-order valence-electron chi connectivity index (χ2n) is 7.20. The first-order valence-electron chi connectivity index (χ1n) is 9.98. The normalized spacial score (nSPS) is 13.1. The number of nitrogens with zero attached hydrogens (tertiary/aromatic N) is 4. The number of nitro groups is 1. The van der Waals surface area contributed by atoms with Crippen LogP contribution in [0, 0.1) is 10.1 Å². The number of rotatable bonds is 5. The summed E-state index contributed by atoms with van der Waals surface area (Å²) in [7, 11) is 0. The van der Waals surface area contributed by atoms with Gasteiger partial charge in [-0.2, -0.15) is 5.10 Å². The molecule has 0 radical (unpaired) electrons. The molecule has 0 atom stereocenters. The van der Waals surface area contributed by atoms with Crippen LogP contribution in [0.15, 0.2) is 74.5 Å². The number of halogens is 3. The number of hydrogen-bond acceptors (Lipinski definition) is 7. The third-order valence-corrected chi connectivity index (χ3v) is 6.86. The molecule has 4 aromatic rings. The van der Waals surface area contributed by atoms with Gasteiger partial charge in [0.1, 0.15) is 0 Å². The Hall–Kier alpha value is -3.18. The number of thiazole rings is 1. The van der Waals surface area contributed by atoms with Crippen LogP contribution in [0.2, 0.25) is 10.0 Å². The molecular formula is C23H13BrCl2N4O4S. The highest BCUT2D eigenvalue weighted by molar-refractivity contribution is 9.10. The molecule has 0 spiro atoms. The van der Waals surface area contributed by atoms with Gasteiger partial charge in [-0.05, 0) is 36.4 Å². The Balaban J connectivity index is 1.66. The second-order valence-corrected chi connectivity index (χ2v) is 9.79. The zero-order chi connectivity index (χ0) is 24.5. The number of hydrogen-bond donors (Lipinski definition) is 0. The summed E-state index contributed by atoms with van der Waals surface area (Å²) in [6.07, 6.45) is 1.40. The van der Waals surface area contributed by atoms with E-state index >= 15 is 0 Å². The van der Waals surface area contributed by atoms with Gasteiger partial charge in [-0.1, -0.05) is 51.3 Å². The van der Waals surface area contributed by atoms with E-state index in [0.29, 0.717) is 32.0 Å². The molecule has 0 N–H and O–H groups in total. The van der Waals surface area contributed by atoms with Gasteiger partial charge in [0.2, 0.25) is 11.6 Å². The lowest BCUT2D eigenvalue weighted by molar-refractivity contribution is -0.385. The largest absolute Gasteiger partial charge is 0.454 e. The van der Waals surface area contributed by atoms with Crippen molar-refractivity contribution in [1.82, 2.24) is 4.68 Å². The molecule has 0 amide bonds. The quantitative estimate of drug-likeness (QED) is 0.141. The predicted molar refractivity (Wildman–Crippen MR) is 139 cm³/mol. The van der Waals surface area contributed by atoms with Crippen molar-refractivity contribution >= 4 is 68.1 Å². The Morgan fingerprint density at radius 1 is 1.09 bits per heavy atom. The molecule has 0 bridgehead atoms. The zero-order valence-electron chi connectivity index (χ0n) is 17.5. The van der Waals surface area contributed by atoms with Gasteiger partial charge in [0.05, 0.1) is 39.2 Å². The number of ether oxygens (including phenoxy) is 2. The number of benzene rings is 3. The van der Waals surface area contributed by atoms with E-state index in [1.807, 2.05) is 29.6 Å². The zero-order valence-corrected chi connectivity index (χ0v) is 21.4. The van der Waals surface area contributed by atoms with E-state index in [1.54, 1.807) is 22.9 Å². The molecule has 176 valence electrons. The third kappa shape index (κ3) is 4.96. The van der Waals surface area contributed by atoms with Gasteiger partial charge in [0.15, 0.2) is 11.5 Å². The molecule has 12 heteroatoms. The van der Waals surface area contributed by atoms with Crippen molar-refractivity contribution in [3.05, 3.63) is 95.0 Å². The SMILES string of the molecule is O=[N+]([O-])c1cc2c(cc1C=Nn1c(-c3ccc(Br)cc3)csc1=Nc1ccc(Cl)cc1Cl)OCO2. The van der Waals surface area contributed by atoms with E-state index in [4.69, 9.17) is 32.7 Å². The van der Waals surface area contributed by atoms with Crippen molar-refractivity contribution in [1.29, 1.82) is 0 Å². The van der Waals surface area contributed by atoms with Crippen LogP contribution >= 0.6 is 50.5 Å². The molecule has 1 aromatic heterocycles. The maximum atomic E-state index is 11.7. The summed E-state index contributed by atoms with van der Waals surface area (Å²) in [6.45, 7) is 0.00492. The number of nitro benzene ring substituents is 1. The molecule has 0 aliphatic carbocycles. The minimum atomic E-state index is -0.490. The molecule has 0 saturated carbocycles. The van der Waals surface area contributed by atoms with E-state index in [0.717, 1.165) is 15.7 Å². The van der Waals surface area contributed by atoms with Crippen molar-refractivity contribution in [2.24, 2.45) is 10.1 Å². The van der Waals surface area contributed by atoms with Crippen LogP contribution in [0.3, 0.4) is 0 Å². The first-order chi connectivity index (χ1) is 16.9. The first-order valence-corrected chi connectivity index (χ1v) is 12.4. The van der Waals surface area contributed by atoms with E-state index in [1.165, 1.54) is 29.7 Å². The van der Waals surface area contributed by atoms with Gasteiger partial charge in [-0.3, -0.25) is 10.1 Å². The van der Waals surface area contributed by atoms with Crippen molar-refractivity contribution in [3.63, 3.8) is 0 Å². The molecule has 8 nitrogen and oxygen atoms in total. The average Bonchev–Trinajstić information content (AvgIpc) is 3.45. The second kappa shape index (κ2) is 9.82. The fraction of sp³-hybridized carbons (Fsp3) is 0.0435. The monoisotopic (exact) mass is 590 g/mol. The van der Waals surface area contributed by atoms with E-state index in [9.17, 15) is 10.1 Å². The van der Waals surface area contributed by atoms with Crippen LogP contribution in [0.5, 0.6) is 11.5 Å². The fourth-order valence-electron chi connectivity index (χ4n) is 3.31. The van der Waals surface area contributed by atoms with Crippen LogP contribution in [0.25, 0.3) is 11.3 Å². The van der Waals surface area contributed by atoms with E-state index in [-0.39, 0.29) is 18.0 Å². The van der Waals surface area contributed by atoms with Gasteiger partial charge in [0.25, 0.3) is 5.69 Å². The van der Waals surface area contributed by atoms with Crippen LogP contribution in [0.1, 0.15) is 5.56 Å². The van der Waals surface area contributed by atoms with Gasteiger partial charge < -0.3 is 9.47 Å². The molecule has 0 unspecified atom stereocenters. The maximum Gasteiger partial charge on any atom is 0.282 e. The lowest BCUT2D eigenvalue weighted by atomic mass is 10.1. The summed E-state index contributed by atoms with van der Waals surface area (Å²) in [5.41, 5.74) is 2.24. The van der Waals surface area contributed by atoms with Gasteiger partial charge in [-0.25, -0.2) is 9.67 Å². The Morgan fingerprint density at radius 2 is 1.83 bits per heavy atom. The summed E-state index contributed by atoms with van der Waals surface area (Å²) in [6, 6.07) is 15.6. The summed E-state index contributed by atoms with van der Waals surface area (Å²) in [5.74, 6) is 0.735. The molecule has 1 aliphatic rings. The lowest BCUT2D eigenvalue weighted by Gasteiger charge is -2.05. The summed E-state index contributed by atoms with van der Waals surface area (Å²) >= 11 is 17.1. The maximum absolute atomic E-state index is 11.7. The minimum absolute atomic E-state index is 0.00492. The van der Waals surface area contributed by atoms with Crippen molar-refractivity contribution in [2.45, 2.75) is 0 Å². The average molecular weight is 592 g/mol. The molecule has 1 aliphatic heterocycles. The summed E-state index contributed by atoms with van der Waals surface area (Å²) < 4.78 is 13.2. The summed E-state index contributed by atoms with van der Waals surface area (Å²) in [4.78, 5) is 16.3. The molecule has 3 aromatic carbocycles. The molecule has 35 heavy (non-hydrogen) atoms. The molecule has 5 rings (SSSR count). The Labute approximate surface area is 221 Å². The van der Waals surface area contributed by atoms with Crippen LogP contribution in [-0.2, 0) is 0 Å². The lowest BCUT2D eigenvalue weighted by Crippen LogP contribution is -2.11. The summed E-state index contributed by atoms with van der Waals surface area (Å²) in [5, 5.41) is 19.0. The van der Waals surface area contributed by atoms with Gasteiger partial charge >= 0.3 is 0 Å². The topological polar surface area (TPSA) is 91.2 Å². The third-order valence-electron chi connectivity index (χ3n) is 4.98. The molecule has 0 fully saturated rings. The highest BCUT2D eigenvalue weighted by atomic mass is 79.9. The first kappa shape index (κ1) is 23.6. The smallest absolute Gasteiger partial charge is 0.282 e. The van der Waals surface area contributed by atoms with Crippen molar-refractivity contribution in [3.8, 4) is 22.8 Å². The number of aromatic nitrogens is 1. The Bertz CT molecular complexity index is 1550. The van der Waals surface area contributed by atoms with Crippen LogP contribution in [0.4, 0.5) is 11.4 Å². The van der Waals surface area contributed by atoms with Crippen molar-refractivity contribution < 1.29 is 14.4 Å². The fourth-order valence-corrected chi connectivity index (χ4v) is 4.88. The molecular weight excluding hydrogens is 579 g/mol. The Morgan fingerprint density at radius 3 is 2.54 bits per heavy atom. The highest BCUT2D eigenvalue weighted by Crippen LogP contribution is 2.37. The standard InChI is InChI=1S/C23H13BrCl2N4O4S/c24-15-3-1-13(2-4-15)20-11-35-23(28-18-6-5-16(25)8-17(18)26)29(20)27-10-14-7-21-22(34-12-33-21)9-19(14)30(31)32/h1-11H,12H2. The van der Waals surface area contributed by atoms with Gasteiger partial charge in [-0.15, -0.1) is 11.3 Å². The van der Waals surface area contributed by atoms with E-state index in [2.05, 4.69) is 26.0 Å². The van der Waals surface area contributed by atoms with Crippen molar-refractivity contribution in [2.75, 3.05) is 6.79 Å². The minimum Gasteiger partial charge on any atom is -0.454 e. The highest BCUT2D eigenvalue weighted by Gasteiger charge is 2.22. The van der Waals surface area contributed by atoms with Crippen LogP contribution < -0.4 is 14.3 Å². The molecule has 0 saturated heterocycles. The molecule has 2 heterocycles. The predicted octanol–water partition coefficient (Wildman–Crippen LogP) is 7.04. The van der Waals surface area contributed by atoms with Crippen LogP contribution in [-0.4, -0.2) is 22.6 Å². The van der Waals surface area contributed by atoms with Gasteiger partial charge in [0, 0.05) is 20.4 Å². The Kier molecular flexibility index (Phi) is 6.61. The number of fused-ring (bicyclic) bond motifs is 1. The van der Waals surface area contributed by atoms with E-state index < -0.39 is 4.92 Å².